The van der Waals surface area contributed by atoms with E-state index in [1.54, 1.807) is 24.7 Å². The second kappa shape index (κ2) is 6.35. The zero-order chi connectivity index (χ0) is 16.4. The summed E-state index contributed by atoms with van der Waals surface area (Å²) in [4.78, 5) is 22.7. The molecule has 0 spiro atoms. The Morgan fingerprint density at radius 1 is 1.17 bits per heavy atom. The molecule has 24 heavy (non-hydrogen) atoms. The van der Waals surface area contributed by atoms with Gasteiger partial charge in [-0.05, 0) is 25.0 Å². The van der Waals surface area contributed by atoms with E-state index in [0.29, 0.717) is 0 Å². The summed E-state index contributed by atoms with van der Waals surface area (Å²) in [5.74, 6) is 1.48. The van der Waals surface area contributed by atoms with Crippen molar-refractivity contribution in [2.45, 2.75) is 18.8 Å². The predicted molar refractivity (Wildman–Crippen MR) is 88.0 cm³/mol. The van der Waals surface area contributed by atoms with Crippen LogP contribution >= 0.6 is 0 Å². The molecule has 0 saturated carbocycles. The largest absolute Gasteiger partial charge is 0.356 e. The third-order valence-electron chi connectivity index (χ3n) is 4.27. The second-order valence-electron chi connectivity index (χ2n) is 5.89. The van der Waals surface area contributed by atoms with Crippen LogP contribution in [-0.4, -0.2) is 38.0 Å². The molecule has 1 aliphatic heterocycles. The molecule has 1 aliphatic rings. The molecule has 0 aromatic carbocycles. The number of H-pyrrole nitrogens is 1. The smallest absolute Gasteiger partial charge is 0.157 e. The minimum atomic E-state index is -0.315. The number of aromatic nitrogens is 5. The number of halogens is 1. The van der Waals surface area contributed by atoms with Gasteiger partial charge in [-0.15, -0.1) is 0 Å². The standard InChI is InChI=1S/C17H17FN6/c18-13-3-4-16(22-8-13)24-7-1-2-12(11-24)14-9-19-10-15(23-14)17-20-5-6-21-17/h3-6,8-10,12H,1-2,7,11H2,(H,20,21). The number of nitrogens with one attached hydrogen (secondary N) is 1. The van der Waals surface area contributed by atoms with Crippen LogP contribution < -0.4 is 4.90 Å². The minimum absolute atomic E-state index is 0.271. The molecule has 1 fully saturated rings. The second-order valence-corrected chi connectivity index (χ2v) is 5.89. The maximum Gasteiger partial charge on any atom is 0.157 e. The van der Waals surface area contributed by atoms with E-state index in [2.05, 4.69) is 24.8 Å². The van der Waals surface area contributed by atoms with Gasteiger partial charge < -0.3 is 9.88 Å². The molecule has 3 aromatic heterocycles. The van der Waals surface area contributed by atoms with Gasteiger partial charge in [0.2, 0.25) is 0 Å². The average Bonchev–Trinajstić information content (AvgIpc) is 3.17. The molecule has 1 saturated heterocycles. The summed E-state index contributed by atoms with van der Waals surface area (Å²) in [5.41, 5.74) is 1.70. The molecular formula is C17H17FN6. The molecule has 0 aliphatic carbocycles. The van der Waals surface area contributed by atoms with Crippen LogP contribution in [0.25, 0.3) is 11.5 Å². The number of pyridine rings is 1. The molecule has 1 unspecified atom stereocenters. The molecule has 4 rings (SSSR count). The maximum absolute atomic E-state index is 13.1. The quantitative estimate of drug-likeness (QED) is 0.802. The molecule has 7 heteroatoms. The highest BCUT2D eigenvalue weighted by molar-refractivity contribution is 5.47. The molecule has 0 amide bonds. The lowest BCUT2D eigenvalue weighted by atomic mass is 9.95. The van der Waals surface area contributed by atoms with Gasteiger partial charge in [0.05, 0.1) is 18.1 Å². The van der Waals surface area contributed by atoms with Gasteiger partial charge in [-0.3, -0.25) is 4.98 Å². The summed E-state index contributed by atoms with van der Waals surface area (Å²) in [6, 6.07) is 3.17. The van der Waals surface area contributed by atoms with Crippen molar-refractivity contribution in [1.29, 1.82) is 0 Å². The lowest BCUT2D eigenvalue weighted by Gasteiger charge is -2.33. The van der Waals surface area contributed by atoms with E-state index in [0.717, 1.165) is 49.0 Å². The first-order valence-corrected chi connectivity index (χ1v) is 7.98. The van der Waals surface area contributed by atoms with Crippen LogP contribution in [0.15, 0.2) is 43.1 Å². The minimum Gasteiger partial charge on any atom is -0.356 e. The zero-order valence-electron chi connectivity index (χ0n) is 13.1. The Kier molecular flexibility index (Phi) is 3.90. The van der Waals surface area contributed by atoms with Crippen molar-refractivity contribution < 1.29 is 4.39 Å². The number of piperidine rings is 1. The summed E-state index contributed by atoms with van der Waals surface area (Å²) in [7, 11) is 0. The Hall–Kier alpha value is -2.83. The molecular weight excluding hydrogens is 307 g/mol. The Bertz CT molecular complexity index is 802. The molecule has 1 atom stereocenters. The molecule has 0 radical (unpaired) electrons. The summed E-state index contributed by atoms with van der Waals surface area (Å²) in [5, 5.41) is 0. The first-order chi connectivity index (χ1) is 11.8. The Labute approximate surface area is 138 Å². The Balaban J connectivity index is 1.56. The number of nitrogens with zero attached hydrogens (tertiary/aromatic N) is 5. The van der Waals surface area contributed by atoms with E-state index in [9.17, 15) is 4.39 Å². The van der Waals surface area contributed by atoms with Crippen molar-refractivity contribution in [3.05, 3.63) is 54.6 Å². The number of hydrogen-bond acceptors (Lipinski definition) is 5. The molecule has 0 bridgehead atoms. The highest BCUT2D eigenvalue weighted by Gasteiger charge is 2.24. The first kappa shape index (κ1) is 14.7. The van der Waals surface area contributed by atoms with Crippen molar-refractivity contribution in [2.75, 3.05) is 18.0 Å². The van der Waals surface area contributed by atoms with Crippen LogP contribution in [0.5, 0.6) is 0 Å². The van der Waals surface area contributed by atoms with E-state index >= 15 is 0 Å². The third-order valence-corrected chi connectivity index (χ3v) is 4.27. The molecule has 1 N–H and O–H groups in total. The van der Waals surface area contributed by atoms with Gasteiger partial charge in [0.1, 0.15) is 17.3 Å². The van der Waals surface area contributed by atoms with Crippen molar-refractivity contribution in [3.63, 3.8) is 0 Å². The van der Waals surface area contributed by atoms with Crippen LogP contribution in [0.4, 0.5) is 10.2 Å². The SMILES string of the molecule is Fc1ccc(N2CCCC(c3cncc(-c4ncc[nH]4)n3)C2)nc1. The predicted octanol–water partition coefficient (Wildman–Crippen LogP) is 2.78. The highest BCUT2D eigenvalue weighted by Crippen LogP contribution is 2.28. The van der Waals surface area contributed by atoms with Crippen molar-refractivity contribution >= 4 is 5.82 Å². The molecule has 122 valence electrons. The monoisotopic (exact) mass is 324 g/mol. The fourth-order valence-corrected chi connectivity index (χ4v) is 3.08. The van der Waals surface area contributed by atoms with Crippen LogP contribution in [0.2, 0.25) is 0 Å². The van der Waals surface area contributed by atoms with Gasteiger partial charge in [0, 0.05) is 37.6 Å². The third kappa shape index (κ3) is 2.97. The van der Waals surface area contributed by atoms with Gasteiger partial charge in [0.25, 0.3) is 0 Å². The van der Waals surface area contributed by atoms with E-state index in [4.69, 9.17) is 4.98 Å². The first-order valence-electron chi connectivity index (χ1n) is 7.98. The fourth-order valence-electron chi connectivity index (χ4n) is 3.08. The van der Waals surface area contributed by atoms with Gasteiger partial charge >= 0.3 is 0 Å². The maximum atomic E-state index is 13.1. The molecule has 4 heterocycles. The Morgan fingerprint density at radius 3 is 2.92 bits per heavy atom. The van der Waals surface area contributed by atoms with E-state index in [1.165, 1.54) is 12.3 Å². The summed E-state index contributed by atoms with van der Waals surface area (Å²) >= 11 is 0. The van der Waals surface area contributed by atoms with Crippen molar-refractivity contribution in [1.82, 2.24) is 24.9 Å². The summed E-state index contributed by atoms with van der Waals surface area (Å²) in [6.07, 6.45) is 10.3. The van der Waals surface area contributed by atoms with Gasteiger partial charge in [-0.2, -0.15) is 0 Å². The number of imidazole rings is 1. The molecule has 6 nitrogen and oxygen atoms in total. The number of anilines is 1. The normalized spacial score (nSPS) is 17.9. The van der Waals surface area contributed by atoms with E-state index in [1.807, 2.05) is 6.20 Å². The number of aromatic amines is 1. The van der Waals surface area contributed by atoms with Crippen molar-refractivity contribution in [3.8, 4) is 11.5 Å². The Morgan fingerprint density at radius 2 is 2.12 bits per heavy atom. The van der Waals surface area contributed by atoms with Crippen LogP contribution in [0, 0.1) is 5.82 Å². The van der Waals surface area contributed by atoms with Crippen LogP contribution in [0.1, 0.15) is 24.5 Å². The van der Waals surface area contributed by atoms with Crippen LogP contribution in [-0.2, 0) is 0 Å². The topological polar surface area (TPSA) is 70.6 Å². The van der Waals surface area contributed by atoms with E-state index < -0.39 is 0 Å². The van der Waals surface area contributed by atoms with Crippen molar-refractivity contribution in [2.24, 2.45) is 0 Å². The van der Waals surface area contributed by atoms with Crippen LogP contribution in [0.3, 0.4) is 0 Å². The van der Waals surface area contributed by atoms with E-state index in [-0.39, 0.29) is 11.7 Å². The van der Waals surface area contributed by atoms with Gasteiger partial charge in [-0.1, -0.05) is 0 Å². The number of rotatable bonds is 3. The summed E-state index contributed by atoms with van der Waals surface area (Å²) < 4.78 is 13.1. The van der Waals surface area contributed by atoms with Gasteiger partial charge in [0.15, 0.2) is 5.82 Å². The fraction of sp³-hybridized carbons (Fsp3) is 0.294. The lowest BCUT2D eigenvalue weighted by molar-refractivity contribution is 0.497. The molecule has 3 aromatic rings. The average molecular weight is 324 g/mol. The number of hydrogen-bond donors (Lipinski definition) is 1. The lowest BCUT2D eigenvalue weighted by Crippen LogP contribution is -2.35. The zero-order valence-corrected chi connectivity index (χ0v) is 13.1. The van der Waals surface area contributed by atoms with Gasteiger partial charge in [-0.25, -0.2) is 19.3 Å². The highest BCUT2D eigenvalue weighted by atomic mass is 19.1. The summed E-state index contributed by atoms with van der Waals surface area (Å²) in [6.45, 7) is 1.72.